The molecule has 0 spiro atoms. The maximum Gasteiger partial charge on any atom is 0.220 e. The predicted octanol–water partition coefficient (Wildman–Crippen LogP) is 1.32. The van der Waals surface area contributed by atoms with Crippen molar-refractivity contribution in [2.75, 3.05) is 12.8 Å². The zero-order valence-corrected chi connectivity index (χ0v) is 6.37. The number of nitrogens with zero attached hydrogens (tertiary/aromatic N) is 1. The number of nitrogens with two attached hydrogens (primary N) is 1. The maximum absolute atomic E-state index is 5.49. The monoisotopic (exact) mass is 150 g/mol. The van der Waals surface area contributed by atoms with Crippen molar-refractivity contribution in [3.8, 4) is 5.88 Å². The molecule has 0 aliphatic heterocycles. The average molecular weight is 150 g/mol. The first kappa shape index (κ1) is 7.60. The lowest BCUT2D eigenvalue weighted by atomic mass is 10.2. The minimum Gasteiger partial charge on any atom is -0.481 e. The lowest BCUT2D eigenvalue weighted by Gasteiger charge is -2.02. The van der Waals surface area contributed by atoms with E-state index in [1.54, 1.807) is 25.4 Å². The van der Waals surface area contributed by atoms with Crippen molar-refractivity contribution in [1.82, 2.24) is 4.98 Å². The van der Waals surface area contributed by atoms with Gasteiger partial charge in [0, 0.05) is 5.56 Å². The van der Waals surface area contributed by atoms with Gasteiger partial charge in [0.15, 0.2) is 0 Å². The highest BCUT2D eigenvalue weighted by Crippen LogP contribution is 2.17. The molecule has 0 unspecified atom stereocenters. The highest BCUT2D eigenvalue weighted by atomic mass is 16.5. The van der Waals surface area contributed by atoms with Gasteiger partial charge < -0.3 is 10.5 Å². The quantitative estimate of drug-likeness (QED) is 0.691. The second-order valence-electron chi connectivity index (χ2n) is 2.07. The first-order chi connectivity index (χ1) is 5.27. The number of ether oxygens (including phenoxy) is 1. The number of rotatable bonds is 2. The molecule has 58 valence electrons. The van der Waals surface area contributed by atoms with Crippen LogP contribution in [0.5, 0.6) is 5.88 Å². The molecule has 2 N–H and O–H groups in total. The van der Waals surface area contributed by atoms with Crippen LogP contribution in [0.1, 0.15) is 5.56 Å². The molecule has 0 aliphatic carbocycles. The third-order valence-corrected chi connectivity index (χ3v) is 1.31. The second-order valence-corrected chi connectivity index (χ2v) is 2.07. The summed E-state index contributed by atoms with van der Waals surface area (Å²) in [4.78, 5) is 3.95. The summed E-state index contributed by atoms with van der Waals surface area (Å²) in [6, 6.07) is 1.76. The lowest BCUT2D eigenvalue weighted by molar-refractivity contribution is 0.397. The molecule has 0 amide bonds. The number of hydrogen-bond acceptors (Lipinski definition) is 3. The molecule has 0 bridgehead atoms. The van der Waals surface area contributed by atoms with E-state index in [9.17, 15) is 0 Å². The van der Waals surface area contributed by atoms with Crippen molar-refractivity contribution in [3.05, 3.63) is 24.4 Å². The molecule has 1 heterocycles. The van der Waals surface area contributed by atoms with Gasteiger partial charge in [-0.25, -0.2) is 4.98 Å². The minimum atomic E-state index is 0.550. The lowest BCUT2D eigenvalue weighted by Crippen LogP contribution is -1.93. The van der Waals surface area contributed by atoms with Crippen LogP contribution in [-0.2, 0) is 0 Å². The van der Waals surface area contributed by atoms with Crippen molar-refractivity contribution >= 4 is 11.8 Å². The number of pyridine rings is 1. The first-order valence-electron chi connectivity index (χ1n) is 3.20. The van der Waals surface area contributed by atoms with Crippen molar-refractivity contribution in [2.45, 2.75) is 0 Å². The van der Waals surface area contributed by atoms with Crippen molar-refractivity contribution in [1.29, 1.82) is 0 Å². The molecule has 0 fully saturated rings. The predicted molar refractivity (Wildman–Crippen MR) is 45.3 cm³/mol. The molecular weight excluding hydrogens is 140 g/mol. The molecule has 3 heteroatoms. The molecule has 0 radical (unpaired) electrons. The second kappa shape index (κ2) is 3.05. The third-order valence-electron chi connectivity index (χ3n) is 1.31. The van der Waals surface area contributed by atoms with Crippen LogP contribution in [-0.4, -0.2) is 12.1 Å². The Labute approximate surface area is 65.5 Å². The van der Waals surface area contributed by atoms with Gasteiger partial charge in [0.1, 0.15) is 0 Å². The fourth-order valence-electron chi connectivity index (χ4n) is 0.803. The molecular formula is C8H10N2O. The van der Waals surface area contributed by atoms with E-state index in [0.29, 0.717) is 11.6 Å². The highest BCUT2D eigenvalue weighted by molar-refractivity contribution is 5.57. The van der Waals surface area contributed by atoms with Crippen LogP contribution < -0.4 is 10.5 Å². The Morgan fingerprint density at radius 1 is 1.73 bits per heavy atom. The van der Waals surface area contributed by atoms with E-state index in [0.717, 1.165) is 5.56 Å². The van der Waals surface area contributed by atoms with Crippen molar-refractivity contribution in [2.24, 2.45) is 0 Å². The summed E-state index contributed by atoms with van der Waals surface area (Å²) in [6.45, 7) is 3.61. The average Bonchev–Trinajstić information content (AvgIpc) is 2.04. The van der Waals surface area contributed by atoms with Gasteiger partial charge in [-0.3, -0.25) is 0 Å². The number of nitrogen functional groups attached to an aromatic ring is 1. The van der Waals surface area contributed by atoms with Crippen molar-refractivity contribution in [3.63, 3.8) is 0 Å². The highest BCUT2D eigenvalue weighted by Gasteiger charge is 1.99. The van der Waals surface area contributed by atoms with E-state index < -0.39 is 0 Å². The van der Waals surface area contributed by atoms with Crippen LogP contribution in [0, 0.1) is 0 Å². The molecule has 0 saturated carbocycles. The van der Waals surface area contributed by atoms with Gasteiger partial charge in [-0.2, -0.15) is 0 Å². The fourth-order valence-corrected chi connectivity index (χ4v) is 0.803. The van der Waals surface area contributed by atoms with Gasteiger partial charge in [-0.05, 0) is 6.07 Å². The van der Waals surface area contributed by atoms with Gasteiger partial charge in [-0.15, -0.1) is 0 Å². The summed E-state index contributed by atoms with van der Waals surface area (Å²) in [7, 11) is 1.56. The van der Waals surface area contributed by atoms with Crippen LogP contribution in [0.15, 0.2) is 18.8 Å². The summed E-state index contributed by atoms with van der Waals surface area (Å²) in [5.74, 6) is 0.550. The molecule has 1 aromatic heterocycles. The van der Waals surface area contributed by atoms with Crippen molar-refractivity contribution < 1.29 is 4.74 Å². The van der Waals surface area contributed by atoms with E-state index in [1.807, 2.05) is 0 Å². The minimum absolute atomic E-state index is 0.550. The van der Waals surface area contributed by atoms with Crippen LogP contribution >= 0.6 is 0 Å². The number of anilines is 1. The summed E-state index contributed by atoms with van der Waals surface area (Å²) in [5, 5.41) is 0. The van der Waals surface area contributed by atoms with Gasteiger partial charge >= 0.3 is 0 Å². The summed E-state index contributed by atoms with van der Waals surface area (Å²) in [5.41, 5.74) is 6.92. The Morgan fingerprint density at radius 3 is 3.00 bits per heavy atom. The van der Waals surface area contributed by atoms with E-state index in [-0.39, 0.29) is 0 Å². The topological polar surface area (TPSA) is 48.1 Å². The Balaban J connectivity index is 3.16. The molecule has 0 saturated heterocycles. The zero-order valence-electron chi connectivity index (χ0n) is 6.37. The standard InChI is InChI=1S/C8H10N2O/c1-3-6-4-7(9)5-10-8(6)11-2/h3-5H,1,9H2,2H3. The largest absolute Gasteiger partial charge is 0.481 e. The molecule has 3 nitrogen and oxygen atoms in total. The van der Waals surface area contributed by atoms with Gasteiger partial charge in [0.2, 0.25) is 5.88 Å². The van der Waals surface area contributed by atoms with Gasteiger partial charge in [0.05, 0.1) is 19.0 Å². The molecule has 0 aliphatic rings. The van der Waals surface area contributed by atoms with E-state index in [2.05, 4.69) is 11.6 Å². The molecule has 1 aromatic rings. The molecule has 11 heavy (non-hydrogen) atoms. The summed E-state index contributed by atoms with van der Waals surface area (Å²) in [6.07, 6.45) is 3.20. The number of aromatic nitrogens is 1. The number of hydrogen-bond donors (Lipinski definition) is 1. The Hall–Kier alpha value is -1.51. The maximum atomic E-state index is 5.49. The zero-order chi connectivity index (χ0) is 8.27. The van der Waals surface area contributed by atoms with E-state index in [1.165, 1.54) is 0 Å². The van der Waals surface area contributed by atoms with Crippen LogP contribution in [0.4, 0.5) is 5.69 Å². The third kappa shape index (κ3) is 1.49. The molecule has 0 atom stereocenters. The van der Waals surface area contributed by atoms with Crippen LogP contribution in [0.2, 0.25) is 0 Å². The first-order valence-corrected chi connectivity index (χ1v) is 3.20. The molecule has 0 aromatic carbocycles. The molecule has 1 rings (SSSR count). The van der Waals surface area contributed by atoms with Crippen LogP contribution in [0.3, 0.4) is 0 Å². The van der Waals surface area contributed by atoms with E-state index in [4.69, 9.17) is 10.5 Å². The van der Waals surface area contributed by atoms with Gasteiger partial charge in [0.25, 0.3) is 0 Å². The van der Waals surface area contributed by atoms with Crippen LogP contribution in [0.25, 0.3) is 6.08 Å². The Kier molecular flexibility index (Phi) is 2.11. The normalized spacial score (nSPS) is 9.18. The SMILES string of the molecule is C=Cc1cc(N)cnc1OC. The number of methoxy groups -OCH3 is 1. The summed E-state index contributed by atoms with van der Waals surface area (Å²) < 4.78 is 4.95. The van der Waals surface area contributed by atoms with Gasteiger partial charge in [-0.1, -0.05) is 12.7 Å². The summed E-state index contributed by atoms with van der Waals surface area (Å²) >= 11 is 0. The smallest absolute Gasteiger partial charge is 0.220 e. The Bertz CT molecular complexity index is 271. The Morgan fingerprint density at radius 2 is 2.45 bits per heavy atom. The fraction of sp³-hybridized carbons (Fsp3) is 0.125. The van der Waals surface area contributed by atoms with E-state index >= 15 is 0 Å².